The first kappa shape index (κ1) is 23.9. The maximum Gasteiger partial charge on any atom is 0.446 e. The largest absolute Gasteiger partial charge is 0.599 e. The molecule has 0 saturated carbocycles. The predicted molar refractivity (Wildman–Crippen MR) is 105 cm³/mol. The van der Waals surface area contributed by atoms with Crippen molar-refractivity contribution < 1.29 is 37.7 Å². The Labute approximate surface area is 177 Å². The average molecular weight is 436 g/mol. The molecule has 0 amide bonds. The fourth-order valence-corrected chi connectivity index (χ4v) is 3.23. The Balaban J connectivity index is 0.000000501. The quantitative estimate of drug-likeness (QED) is 0.440. The van der Waals surface area contributed by atoms with Gasteiger partial charge in [0.25, 0.3) is 0 Å². The van der Waals surface area contributed by atoms with Gasteiger partial charge in [-0.2, -0.15) is 13.2 Å². The molecule has 1 N–H and O–H groups in total. The number of rotatable bonds is 5. The van der Waals surface area contributed by atoms with Gasteiger partial charge in [0, 0.05) is 12.5 Å². The van der Waals surface area contributed by atoms with E-state index in [1.54, 1.807) is 13.8 Å². The Hall–Kier alpha value is -3.36. The Morgan fingerprint density at radius 1 is 1.13 bits per heavy atom. The van der Waals surface area contributed by atoms with E-state index in [9.17, 15) is 23.1 Å². The molecule has 31 heavy (non-hydrogen) atoms. The summed E-state index contributed by atoms with van der Waals surface area (Å²) in [6.45, 7) is 3.55. The summed E-state index contributed by atoms with van der Waals surface area (Å²) >= 11 is 0. The number of benzene rings is 2. The molecule has 6 nitrogen and oxygen atoms in total. The van der Waals surface area contributed by atoms with E-state index in [0.29, 0.717) is 0 Å². The highest BCUT2D eigenvalue weighted by Crippen LogP contribution is 2.44. The van der Waals surface area contributed by atoms with Crippen molar-refractivity contribution in [2.45, 2.75) is 32.0 Å². The van der Waals surface area contributed by atoms with Crippen LogP contribution in [0.15, 0.2) is 53.5 Å². The summed E-state index contributed by atoms with van der Waals surface area (Å²) in [7, 11) is 0. The highest BCUT2D eigenvalue weighted by molar-refractivity contribution is 5.79. The Morgan fingerprint density at radius 2 is 1.58 bits per heavy atom. The molecule has 0 unspecified atom stereocenters. The molecular formula is C22H21F3NO5-. The Morgan fingerprint density at radius 3 is 1.97 bits per heavy atom. The highest BCUT2D eigenvalue weighted by Gasteiger charge is 2.27. The van der Waals surface area contributed by atoms with E-state index in [0.717, 1.165) is 22.3 Å². The number of nitrogens with zero attached hydrogens (tertiary/aromatic N) is 1. The van der Waals surface area contributed by atoms with Crippen LogP contribution in [0.1, 0.15) is 30.9 Å². The standard InChI is InChI=1S/C20H21NO4.C2HF3O/c1-12(2)18(19(22)23)21-20(24)25-11-17-15-9-5-3-7-13(15)14-8-4-6-10-16(14)17;3-2(4,5)1-6/h3-10,12,17-18H,11H2,1-2H3,(H,21,24)(H,22,23);1H/p-1/t18-;/m0./s1. The first-order valence-electron chi connectivity index (χ1n) is 9.36. The van der Waals surface area contributed by atoms with Crippen molar-refractivity contribution in [2.75, 3.05) is 6.61 Å². The molecule has 0 radical (unpaired) electrons. The van der Waals surface area contributed by atoms with Crippen LogP contribution in [-0.4, -0.2) is 42.3 Å². The van der Waals surface area contributed by atoms with Crippen LogP contribution in [-0.2, 0) is 14.3 Å². The summed E-state index contributed by atoms with van der Waals surface area (Å²) < 4.78 is 36.6. The van der Waals surface area contributed by atoms with Crippen molar-refractivity contribution in [1.29, 1.82) is 0 Å². The first-order chi connectivity index (χ1) is 14.5. The molecule has 0 fully saturated rings. The maximum absolute atomic E-state index is 12.0. The fraction of sp³-hybridized carbons (Fsp3) is 0.318. The number of alkyl halides is 3. The van der Waals surface area contributed by atoms with Crippen LogP contribution in [0.4, 0.5) is 13.2 Å². The molecule has 0 heterocycles. The third-order valence-electron chi connectivity index (χ3n) is 4.60. The van der Waals surface area contributed by atoms with E-state index < -0.39 is 30.6 Å². The molecule has 166 valence electrons. The first-order valence-corrected chi connectivity index (χ1v) is 9.36. The third kappa shape index (κ3) is 6.31. The van der Waals surface area contributed by atoms with Gasteiger partial charge in [-0.15, -0.1) is 0 Å². The van der Waals surface area contributed by atoms with Crippen molar-refractivity contribution in [2.24, 2.45) is 10.9 Å². The van der Waals surface area contributed by atoms with Gasteiger partial charge in [0.05, 0.1) is 0 Å². The minimum absolute atomic E-state index is 0.0612. The van der Waals surface area contributed by atoms with Gasteiger partial charge in [-0.05, 0) is 28.2 Å². The summed E-state index contributed by atoms with van der Waals surface area (Å²) in [5.74, 6) is -1.46. The molecule has 0 saturated heterocycles. The van der Waals surface area contributed by atoms with Crippen LogP contribution in [0.5, 0.6) is 0 Å². The number of halogens is 3. The number of aliphatic carboxylic acids is 1. The zero-order chi connectivity index (χ0) is 23.2. The van der Waals surface area contributed by atoms with E-state index >= 15 is 0 Å². The molecule has 0 aromatic heterocycles. The Kier molecular flexibility index (Phi) is 7.79. The summed E-state index contributed by atoms with van der Waals surface area (Å²) in [6.07, 6.45) is -6.53. The van der Waals surface area contributed by atoms with Crippen LogP contribution < -0.4 is 5.11 Å². The van der Waals surface area contributed by atoms with Gasteiger partial charge < -0.3 is 14.9 Å². The zero-order valence-electron chi connectivity index (χ0n) is 16.8. The molecule has 2 aromatic carbocycles. The van der Waals surface area contributed by atoms with Crippen LogP contribution in [0.2, 0.25) is 0 Å². The van der Waals surface area contributed by atoms with E-state index in [2.05, 4.69) is 17.1 Å². The predicted octanol–water partition coefficient (Wildman–Crippen LogP) is 3.39. The number of fused-ring (bicyclic) bond motifs is 3. The Bertz CT molecular complexity index is 911. The summed E-state index contributed by atoms with van der Waals surface area (Å²) in [4.78, 5) is 23.6. The normalized spacial score (nSPS) is 14.2. The summed E-state index contributed by atoms with van der Waals surface area (Å²) in [5.41, 5.74) is 4.49. The van der Waals surface area contributed by atoms with Gasteiger partial charge in [-0.1, -0.05) is 62.4 Å². The second kappa shape index (κ2) is 10.1. The highest BCUT2D eigenvalue weighted by atomic mass is 19.4. The summed E-state index contributed by atoms with van der Waals surface area (Å²) in [6, 6.07) is 15.0. The van der Waals surface area contributed by atoms with E-state index in [-0.39, 0.29) is 18.4 Å². The topological polar surface area (TPSA) is 99.0 Å². The monoisotopic (exact) mass is 436 g/mol. The van der Waals surface area contributed by atoms with Gasteiger partial charge >= 0.3 is 12.1 Å². The molecule has 0 bridgehead atoms. The molecule has 9 heteroatoms. The minimum atomic E-state index is -4.64. The lowest BCUT2D eigenvalue weighted by atomic mass is 9.98. The number of carbonyl (C=O) groups is 2. The number of hydrogen-bond acceptors (Lipinski definition) is 5. The van der Waals surface area contributed by atoms with Crippen LogP contribution in [0, 0.1) is 5.92 Å². The molecule has 1 aliphatic rings. The molecule has 1 aliphatic carbocycles. The fourth-order valence-electron chi connectivity index (χ4n) is 3.23. The van der Waals surface area contributed by atoms with Crippen LogP contribution in [0.25, 0.3) is 11.1 Å². The SMILES string of the molecule is CC(C)[C@H](N=C([O-])OCC1c2ccccc2-c2ccccc21)C(=O)O.O=CC(F)(F)F. The molecule has 0 spiro atoms. The second-order valence-corrected chi connectivity index (χ2v) is 7.12. The van der Waals surface area contributed by atoms with E-state index in [1.807, 2.05) is 36.4 Å². The maximum atomic E-state index is 12.0. The van der Waals surface area contributed by atoms with Gasteiger partial charge in [0.2, 0.25) is 6.29 Å². The van der Waals surface area contributed by atoms with Crippen molar-refractivity contribution in [1.82, 2.24) is 0 Å². The van der Waals surface area contributed by atoms with Gasteiger partial charge in [-0.3, -0.25) is 9.79 Å². The van der Waals surface area contributed by atoms with E-state index in [4.69, 9.17) is 14.6 Å². The smallest absolute Gasteiger partial charge is 0.446 e. The molecule has 3 rings (SSSR count). The van der Waals surface area contributed by atoms with Crippen molar-refractivity contribution in [3.63, 3.8) is 0 Å². The van der Waals surface area contributed by atoms with Crippen molar-refractivity contribution in [3.05, 3.63) is 59.7 Å². The second-order valence-electron chi connectivity index (χ2n) is 7.12. The molecule has 2 aromatic rings. The molecular weight excluding hydrogens is 415 g/mol. The zero-order valence-corrected chi connectivity index (χ0v) is 16.8. The summed E-state index contributed by atoms with van der Waals surface area (Å²) in [5, 5.41) is 21.1. The number of aldehydes is 1. The van der Waals surface area contributed by atoms with Crippen LogP contribution in [0.3, 0.4) is 0 Å². The van der Waals surface area contributed by atoms with Gasteiger partial charge in [0.15, 0.2) is 6.04 Å². The lowest BCUT2D eigenvalue weighted by Crippen LogP contribution is -2.31. The average Bonchev–Trinajstić information content (AvgIpc) is 3.04. The molecule has 0 aliphatic heterocycles. The number of carbonyl (C=O) groups excluding carboxylic acids is 1. The number of aliphatic imine (C=N–C) groups is 1. The van der Waals surface area contributed by atoms with Gasteiger partial charge in [0.1, 0.15) is 6.08 Å². The number of hydrogen-bond donors (Lipinski definition) is 1. The lowest BCUT2D eigenvalue weighted by Gasteiger charge is -2.22. The number of ether oxygens (including phenoxy) is 1. The molecule has 1 atom stereocenters. The van der Waals surface area contributed by atoms with Crippen LogP contribution >= 0.6 is 0 Å². The number of carboxylic acids is 1. The number of carboxylic acid groups (broad SMARTS) is 1. The lowest BCUT2D eigenvalue weighted by molar-refractivity contribution is -0.251. The van der Waals surface area contributed by atoms with Crippen molar-refractivity contribution >= 4 is 18.3 Å². The van der Waals surface area contributed by atoms with Gasteiger partial charge in [-0.25, -0.2) is 4.79 Å². The van der Waals surface area contributed by atoms with Crippen molar-refractivity contribution in [3.8, 4) is 11.1 Å². The third-order valence-corrected chi connectivity index (χ3v) is 4.60. The van der Waals surface area contributed by atoms with E-state index in [1.165, 1.54) is 0 Å². The minimum Gasteiger partial charge on any atom is -0.599 e.